The average molecular weight is 210 g/mol. The number of hydrogen-bond acceptors (Lipinski definition) is 2. The van der Waals surface area contributed by atoms with Crippen LogP contribution in [0.5, 0.6) is 0 Å². The van der Waals surface area contributed by atoms with E-state index < -0.39 is 0 Å². The first-order chi connectivity index (χ1) is 7.31. The van der Waals surface area contributed by atoms with Crippen molar-refractivity contribution in [3.63, 3.8) is 0 Å². The van der Waals surface area contributed by atoms with Gasteiger partial charge in [-0.05, 0) is 38.1 Å². The van der Waals surface area contributed by atoms with E-state index in [1.165, 1.54) is 51.5 Å². The largest absolute Gasteiger partial charge is 0.327 e. The van der Waals surface area contributed by atoms with Gasteiger partial charge >= 0.3 is 0 Å². The van der Waals surface area contributed by atoms with Crippen molar-refractivity contribution in [3.8, 4) is 0 Å². The molecule has 0 bridgehead atoms. The van der Waals surface area contributed by atoms with E-state index in [1.54, 1.807) is 0 Å². The summed E-state index contributed by atoms with van der Waals surface area (Å²) >= 11 is 0. The minimum atomic E-state index is 0.443. The van der Waals surface area contributed by atoms with Crippen LogP contribution in [-0.4, -0.2) is 30.1 Å². The summed E-state index contributed by atoms with van der Waals surface area (Å²) in [5, 5.41) is 0. The van der Waals surface area contributed by atoms with Gasteiger partial charge in [0.25, 0.3) is 0 Å². The van der Waals surface area contributed by atoms with E-state index in [1.807, 2.05) is 0 Å². The zero-order chi connectivity index (χ0) is 10.7. The first-order valence-electron chi connectivity index (χ1n) is 6.81. The van der Waals surface area contributed by atoms with Crippen molar-refractivity contribution < 1.29 is 0 Å². The Balaban J connectivity index is 1.94. The van der Waals surface area contributed by atoms with Gasteiger partial charge < -0.3 is 5.73 Å². The van der Waals surface area contributed by atoms with Crippen LogP contribution in [0, 0.1) is 5.92 Å². The Kier molecular flexibility index (Phi) is 4.04. The van der Waals surface area contributed by atoms with E-state index in [9.17, 15) is 0 Å². The lowest BCUT2D eigenvalue weighted by Gasteiger charge is -2.43. The van der Waals surface area contributed by atoms with Gasteiger partial charge in [-0.3, -0.25) is 4.90 Å². The molecule has 0 aromatic heterocycles. The Morgan fingerprint density at radius 3 is 2.67 bits per heavy atom. The molecule has 1 aliphatic heterocycles. The van der Waals surface area contributed by atoms with Crippen molar-refractivity contribution in [2.45, 2.75) is 64.0 Å². The Morgan fingerprint density at radius 2 is 1.93 bits per heavy atom. The SMILES string of the molecule is CCC1CCCCC1N1CCC[C@@H](N)C1. The van der Waals surface area contributed by atoms with Gasteiger partial charge in [0.05, 0.1) is 0 Å². The molecule has 2 rings (SSSR count). The lowest BCUT2D eigenvalue weighted by Crippen LogP contribution is -2.50. The van der Waals surface area contributed by atoms with Gasteiger partial charge in [0, 0.05) is 18.6 Å². The Labute approximate surface area is 94.2 Å². The van der Waals surface area contributed by atoms with Gasteiger partial charge in [0.15, 0.2) is 0 Å². The molecular weight excluding hydrogens is 184 g/mol. The van der Waals surface area contributed by atoms with E-state index in [2.05, 4.69) is 11.8 Å². The third-order valence-corrected chi connectivity index (χ3v) is 4.35. The van der Waals surface area contributed by atoms with Crippen molar-refractivity contribution in [1.29, 1.82) is 0 Å². The third kappa shape index (κ3) is 2.73. The summed E-state index contributed by atoms with van der Waals surface area (Å²) in [6.45, 7) is 4.81. The van der Waals surface area contributed by atoms with Crippen molar-refractivity contribution in [2.24, 2.45) is 11.7 Å². The van der Waals surface area contributed by atoms with Gasteiger partial charge in [0.2, 0.25) is 0 Å². The Hall–Kier alpha value is -0.0800. The van der Waals surface area contributed by atoms with E-state index >= 15 is 0 Å². The highest BCUT2D eigenvalue weighted by Crippen LogP contribution is 2.31. The van der Waals surface area contributed by atoms with Crippen LogP contribution in [0.15, 0.2) is 0 Å². The van der Waals surface area contributed by atoms with Crippen molar-refractivity contribution in [3.05, 3.63) is 0 Å². The standard InChI is InChI=1S/C13H26N2/c1-2-11-6-3-4-8-13(11)15-9-5-7-12(14)10-15/h11-13H,2-10,14H2,1H3/t11?,12-,13?/m1/s1. The summed E-state index contributed by atoms with van der Waals surface area (Å²) in [7, 11) is 0. The monoisotopic (exact) mass is 210 g/mol. The number of rotatable bonds is 2. The molecule has 2 unspecified atom stereocenters. The van der Waals surface area contributed by atoms with E-state index in [0.29, 0.717) is 6.04 Å². The highest BCUT2D eigenvalue weighted by atomic mass is 15.2. The summed E-state index contributed by atoms with van der Waals surface area (Å²) < 4.78 is 0. The van der Waals surface area contributed by atoms with Crippen LogP contribution in [0.3, 0.4) is 0 Å². The Morgan fingerprint density at radius 1 is 1.13 bits per heavy atom. The maximum Gasteiger partial charge on any atom is 0.0168 e. The van der Waals surface area contributed by atoms with Gasteiger partial charge in [-0.1, -0.05) is 26.2 Å². The fraction of sp³-hybridized carbons (Fsp3) is 1.00. The van der Waals surface area contributed by atoms with Crippen LogP contribution in [0.1, 0.15) is 51.9 Å². The van der Waals surface area contributed by atoms with Gasteiger partial charge in [0.1, 0.15) is 0 Å². The molecule has 2 aliphatic rings. The fourth-order valence-corrected chi connectivity index (χ4v) is 3.49. The quantitative estimate of drug-likeness (QED) is 0.758. The molecule has 88 valence electrons. The number of nitrogens with two attached hydrogens (primary N) is 1. The molecule has 0 radical (unpaired) electrons. The predicted molar refractivity (Wildman–Crippen MR) is 64.8 cm³/mol. The Bertz CT molecular complexity index is 193. The summed E-state index contributed by atoms with van der Waals surface area (Å²) in [4.78, 5) is 2.70. The van der Waals surface area contributed by atoms with E-state index in [4.69, 9.17) is 5.73 Å². The molecule has 0 aromatic carbocycles. The lowest BCUT2D eigenvalue weighted by molar-refractivity contribution is 0.0754. The number of likely N-dealkylation sites (tertiary alicyclic amines) is 1. The summed E-state index contributed by atoms with van der Waals surface area (Å²) in [5.41, 5.74) is 6.08. The third-order valence-electron chi connectivity index (χ3n) is 4.35. The second-order valence-corrected chi connectivity index (χ2v) is 5.42. The van der Waals surface area contributed by atoms with Crippen LogP contribution in [0.4, 0.5) is 0 Å². The minimum Gasteiger partial charge on any atom is -0.327 e. The summed E-state index contributed by atoms with van der Waals surface area (Å²) in [5.74, 6) is 0.948. The van der Waals surface area contributed by atoms with Crippen LogP contribution in [0.25, 0.3) is 0 Å². The molecular formula is C13H26N2. The smallest absolute Gasteiger partial charge is 0.0168 e. The van der Waals surface area contributed by atoms with Gasteiger partial charge in [-0.2, -0.15) is 0 Å². The fourth-order valence-electron chi connectivity index (χ4n) is 3.49. The lowest BCUT2D eigenvalue weighted by atomic mass is 9.81. The van der Waals surface area contributed by atoms with E-state index in [0.717, 1.165) is 18.5 Å². The van der Waals surface area contributed by atoms with Crippen molar-refractivity contribution in [1.82, 2.24) is 4.90 Å². The maximum absolute atomic E-state index is 6.08. The topological polar surface area (TPSA) is 29.3 Å². The van der Waals surface area contributed by atoms with Crippen molar-refractivity contribution >= 4 is 0 Å². The molecule has 15 heavy (non-hydrogen) atoms. The van der Waals surface area contributed by atoms with E-state index in [-0.39, 0.29) is 0 Å². The molecule has 2 fully saturated rings. The zero-order valence-corrected chi connectivity index (χ0v) is 10.1. The molecule has 1 saturated carbocycles. The molecule has 2 heteroatoms. The van der Waals surface area contributed by atoms with Crippen LogP contribution in [-0.2, 0) is 0 Å². The maximum atomic E-state index is 6.08. The van der Waals surface area contributed by atoms with Crippen molar-refractivity contribution in [2.75, 3.05) is 13.1 Å². The van der Waals surface area contributed by atoms with Crippen LogP contribution >= 0.6 is 0 Å². The zero-order valence-electron chi connectivity index (χ0n) is 10.1. The van der Waals surface area contributed by atoms with Crippen LogP contribution < -0.4 is 5.73 Å². The number of piperidine rings is 1. The first-order valence-corrected chi connectivity index (χ1v) is 6.81. The molecule has 3 atom stereocenters. The molecule has 1 saturated heterocycles. The highest BCUT2D eigenvalue weighted by molar-refractivity contribution is 4.86. The number of hydrogen-bond donors (Lipinski definition) is 1. The molecule has 2 N–H and O–H groups in total. The molecule has 1 aliphatic carbocycles. The minimum absolute atomic E-state index is 0.443. The summed E-state index contributed by atoms with van der Waals surface area (Å²) in [6, 6.07) is 1.30. The van der Waals surface area contributed by atoms with Crippen LogP contribution in [0.2, 0.25) is 0 Å². The summed E-state index contributed by atoms with van der Waals surface area (Å²) in [6.07, 6.45) is 9.67. The highest BCUT2D eigenvalue weighted by Gasteiger charge is 2.31. The molecule has 0 aromatic rings. The van der Waals surface area contributed by atoms with Gasteiger partial charge in [-0.15, -0.1) is 0 Å². The van der Waals surface area contributed by atoms with Gasteiger partial charge in [-0.25, -0.2) is 0 Å². The molecule has 0 amide bonds. The second kappa shape index (κ2) is 5.31. The molecule has 1 heterocycles. The normalized spacial score (nSPS) is 39.2. The predicted octanol–water partition coefficient (Wildman–Crippen LogP) is 2.38. The molecule has 0 spiro atoms. The number of nitrogens with zero attached hydrogens (tertiary/aromatic N) is 1. The molecule has 2 nitrogen and oxygen atoms in total. The second-order valence-electron chi connectivity index (χ2n) is 5.42. The average Bonchev–Trinajstić information content (AvgIpc) is 2.29. The first kappa shape index (κ1) is 11.4.